The molecule has 0 N–H and O–H groups in total. The lowest BCUT2D eigenvalue weighted by atomic mass is 10.0. The molecule has 0 heterocycles. The summed E-state index contributed by atoms with van der Waals surface area (Å²) in [7, 11) is 0. The molecule has 0 aliphatic rings. The summed E-state index contributed by atoms with van der Waals surface area (Å²) in [5.74, 6) is -1.10. The van der Waals surface area contributed by atoms with Crippen molar-refractivity contribution in [1.82, 2.24) is 0 Å². The molecule has 21 heavy (non-hydrogen) atoms. The number of hydrogen-bond donors (Lipinski definition) is 0. The van der Waals surface area contributed by atoms with E-state index in [1.807, 2.05) is 6.92 Å². The van der Waals surface area contributed by atoms with E-state index in [0.717, 1.165) is 24.6 Å². The molecule has 112 valence electrons. The van der Waals surface area contributed by atoms with Crippen LogP contribution in [0.4, 0.5) is 11.4 Å². The first kappa shape index (κ1) is 16.4. The summed E-state index contributed by atoms with van der Waals surface area (Å²) in [4.78, 5) is 43.5. The highest BCUT2D eigenvalue weighted by atomic mass is 16.6. The van der Waals surface area contributed by atoms with Gasteiger partial charge in [-0.15, -0.1) is 0 Å². The molecule has 1 rings (SSSR count). The Hall–Kier alpha value is -2.64. The van der Waals surface area contributed by atoms with Crippen LogP contribution < -0.4 is 0 Å². The number of ketones is 2. The molecule has 0 unspecified atom stereocenters. The molecule has 0 atom stereocenters. The summed E-state index contributed by atoms with van der Waals surface area (Å²) in [6.45, 7) is 1.89. The van der Waals surface area contributed by atoms with E-state index < -0.39 is 39.0 Å². The molecule has 8 nitrogen and oxygen atoms in total. The summed E-state index contributed by atoms with van der Waals surface area (Å²) >= 11 is 0. The molecule has 1 aromatic rings. The van der Waals surface area contributed by atoms with Gasteiger partial charge in [-0.3, -0.25) is 29.8 Å². The van der Waals surface area contributed by atoms with E-state index in [9.17, 15) is 29.8 Å². The summed E-state index contributed by atoms with van der Waals surface area (Å²) in [5.41, 5.74) is -1.36. The Kier molecular flexibility index (Phi) is 5.65. The quantitative estimate of drug-likeness (QED) is 0.314. The van der Waals surface area contributed by atoms with Crippen LogP contribution in [0.1, 0.15) is 43.0 Å². The van der Waals surface area contributed by atoms with Crippen LogP contribution in [0.25, 0.3) is 0 Å². The Balaban J connectivity index is 3.05. The number of nitro groups is 2. The van der Waals surface area contributed by atoms with Gasteiger partial charge < -0.3 is 0 Å². The fourth-order valence-corrected chi connectivity index (χ4v) is 1.76. The second kappa shape index (κ2) is 7.22. The Morgan fingerprint density at radius 1 is 1.14 bits per heavy atom. The number of benzene rings is 1. The van der Waals surface area contributed by atoms with Crippen molar-refractivity contribution >= 4 is 22.9 Å². The highest BCUT2D eigenvalue weighted by molar-refractivity contribution is 6.10. The smallest absolute Gasteiger partial charge is 0.280 e. The third kappa shape index (κ3) is 4.44. The molecule has 0 saturated heterocycles. The zero-order valence-corrected chi connectivity index (χ0v) is 11.4. The van der Waals surface area contributed by atoms with Crippen LogP contribution in [0.3, 0.4) is 0 Å². The fourth-order valence-electron chi connectivity index (χ4n) is 1.76. The number of carbonyl (C=O) groups is 2. The molecule has 0 saturated carbocycles. The van der Waals surface area contributed by atoms with Crippen LogP contribution in [0.2, 0.25) is 0 Å². The second-order valence-corrected chi connectivity index (χ2v) is 4.46. The zero-order valence-electron chi connectivity index (χ0n) is 11.4. The molecule has 0 bridgehead atoms. The molecule has 0 aliphatic heterocycles. The Bertz CT molecular complexity index is 596. The van der Waals surface area contributed by atoms with Gasteiger partial charge in [0.15, 0.2) is 5.78 Å². The zero-order chi connectivity index (χ0) is 16.0. The largest absolute Gasteiger partial charge is 0.299 e. The van der Waals surface area contributed by atoms with E-state index in [2.05, 4.69) is 0 Å². The molecule has 0 radical (unpaired) electrons. The van der Waals surface area contributed by atoms with E-state index in [1.165, 1.54) is 0 Å². The van der Waals surface area contributed by atoms with Crippen molar-refractivity contribution < 1.29 is 19.4 Å². The van der Waals surface area contributed by atoms with Gasteiger partial charge in [0.1, 0.15) is 11.3 Å². The monoisotopic (exact) mass is 294 g/mol. The number of unbranched alkanes of at least 4 members (excludes halogenated alkanes) is 1. The summed E-state index contributed by atoms with van der Waals surface area (Å²) in [6, 6.07) is 2.70. The van der Waals surface area contributed by atoms with Crippen LogP contribution in [-0.4, -0.2) is 21.4 Å². The highest BCUT2D eigenvalue weighted by Gasteiger charge is 2.24. The maximum absolute atomic E-state index is 12.0. The lowest BCUT2D eigenvalue weighted by molar-refractivity contribution is -0.389. The first-order valence-corrected chi connectivity index (χ1v) is 6.34. The summed E-state index contributed by atoms with van der Waals surface area (Å²) < 4.78 is 0. The van der Waals surface area contributed by atoms with Gasteiger partial charge in [0.05, 0.1) is 16.3 Å². The Morgan fingerprint density at radius 3 is 2.33 bits per heavy atom. The first-order chi connectivity index (χ1) is 9.86. The third-order valence-electron chi connectivity index (χ3n) is 2.85. The molecule has 0 aromatic heterocycles. The molecule has 0 fully saturated rings. The average Bonchev–Trinajstić information content (AvgIpc) is 2.44. The minimum Gasteiger partial charge on any atom is -0.299 e. The van der Waals surface area contributed by atoms with Gasteiger partial charge in [0, 0.05) is 24.6 Å². The van der Waals surface area contributed by atoms with Gasteiger partial charge in [-0.25, -0.2) is 0 Å². The number of rotatable bonds is 8. The van der Waals surface area contributed by atoms with Crippen molar-refractivity contribution in [3.8, 4) is 0 Å². The molecule has 0 spiro atoms. The molecule has 0 amide bonds. The van der Waals surface area contributed by atoms with Crippen LogP contribution in [0.15, 0.2) is 18.2 Å². The van der Waals surface area contributed by atoms with Gasteiger partial charge in [0.2, 0.25) is 0 Å². The van der Waals surface area contributed by atoms with Crippen LogP contribution in [-0.2, 0) is 4.79 Å². The van der Waals surface area contributed by atoms with Gasteiger partial charge >= 0.3 is 0 Å². The van der Waals surface area contributed by atoms with Gasteiger partial charge in [-0.2, -0.15) is 0 Å². The van der Waals surface area contributed by atoms with Gasteiger partial charge in [-0.05, 0) is 6.42 Å². The number of Topliss-reactive ketones (excluding diaryl/α,β-unsaturated/α-hetero) is 2. The van der Waals surface area contributed by atoms with Gasteiger partial charge in [0.25, 0.3) is 11.4 Å². The maximum Gasteiger partial charge on any atom is 0.280 e. The van der Waals surface area contributed by atoms with E-state index >= 15 is 0 Å². The standard InChI is InChI=1S/C13H14N2O6/c1-2-3-4-10(16)8-13(17)11-7-9(14(18)19)5-6-12(11)15(20)21/h5-7H,2-4,8H2,1H3. The van der Waals surface area contributed by atoms with Crippen molar-refractivity contribution in [2.24, 2.45) is 0 Å². The van der Waals surface area contributed by atoms with Gasteiger partial charge in [-0.1, -0.05) is 13.3 Å². The van der Waals surface area contributed by atoms with Crippen molar-refractivity contribution in [1.29, 1.82) is 0 Å². The minimum atomic E-state index is -0.798. The average molecular weight is 294 g/mol. The number of hydrogen-bond acceptors (Lipinski definition) is 6. The maximum atomic E-state index is 12.0. The van der Waals surface area contributed by atoms with Crippen molar-refractivity contribution in [3.63, 3.8) is 0 Å². The highest BCUT2D eigenvalue weighted by Crippen LogP contribution is 2.25. The minimum absolute atomic E-state index is 0.213. The lowest BCUT2D eigenvalue weighted by Gasteiger charge is -2.02. The topological polar surface area (TPSA) is 120 Å². The molecular weight excluding hydrogens is 280 g/mol. The third-order valence-corrected chi connectivity index (χ3v) is 2.85. The molecule has 0 aliphatic carbocycles. The van der Waals surface area contributed by atoms with Crippen LogP contribution in [0, 0.1) is 20.2 Å². The predicted molar refractivity (Wildman–Crippen MR) is 73.2 cm³/mol. The Labute approximate surface area is 120 Å². The normalized spacial score (nSPS) is 10.1. The SMILES string of the molecule is CCCCC(=O)CC(=O)c1cc([N+](=O)[O-])ccc1[N+](=O)[O-]. The van der Waals surface area contributed by atoms with E-state index in [0.29, 0.717) is 6.42 Å². The molecule has 8 heteroatoms. The Morgan fingerprint density at radius 2 is 1.81 bits per heavy atom. The summed E-state index contributed by atoms with van der Waals surface area (Å²) in [6.07, 6.45) is 1.15. The lowest BCUT2D eigenvalue weighted by Crippen LogP contribution is -2.10. The number of nitro benzene ring substituents is 2. The number of non-ortho nitro benzene ring substituents is 1. The van der Waals surface area contributed by atoms with E-state index in [4.69, 9.17) is 0 Å². The second-order valence-electron chi connectivity index (χ2n) is 4.46. The van der Waals surface area contributed by atoms with Crippen molar-refractivity contribution in [2.75, 3.05) is 0 Å². The summed E-state index contributed by atoms with van der Waals surface area (Å²) in [5, 5.41) is 21.5. The first-order valence-electron chi connectivity index (χ1n) is 6.34. The van der Waals surface area contributed by atoms with Crippen LogP contribution in [0.5, 0.6) is 0 Å². The predicted octanol–water partition coefficient (Wildman–Crippen LogP) is 2.84. The molecular formula is C13H14N2O6. The fraction of sp³-hybridized carbons (Fsp3) is 0.385. The van der Waals surface area contributed by atoms with E-state index in [1.54, 1.807) is 0 Å². The van der Waals surface area contributed by atoms with E-state index in [-0.39, 0.29) is 12.2 Å². The van der Waals surface area contributed by atoms with Crippen molar-refractivity contribution in [2.45, 2.75) is 32.6 Å². The van der Waals surface area contributed by atoms with Crippen molar-refractivity contribution in [3.05, 3.63) is 44.0 Å². The van der Waals surface area contributed by atoms with Crippen LogP contribution >= 0.6 is 0 Å². The number of carbonyl (C=O) groups excluding carboxylic acids is 2. The number of nitrogens with zero attached hydrogens (tertiary/aromatic N) is 2. The molecule has 1 aromatic carbocycles.